The van der Waals surface area contributed by atoms with Gasteiger partial charge in [-0.25, -0.2) is 4.39 Å². The predicted molar refractivity (Wildman–Crippen MR) is 87.8 cm³/mol. The van der Waals surface area contributed by atoms with Gasteiger partial charge in [-0.05, 0) is 29.8 Å². The first-order chi connectivity index (χ1) is 11.6. The molecule has 5 nitrogen and oxygen atoms in total. The third-order valence-electron chi connectivity index (χ3n) is 3.40. The van der Waals surface area contributed by atoms with Crippen LogP contribution >= 0.6 is 0 Å². The molecule has 3 N–H and O–H groups in total. The summed E-state index contributed by atoms with van der Waals surface area (Å²) in [7, 11) is 0. The number of benzene rings is 2. The zero-order chi connectivity index (χ0) is 17.4. The highest BCUT2D eigenvalue weighted by Crippen LogP contribution is 2.15. The summed E-state index contributed by atoms with van der Waals surface area (Å²) in [6, 6.07) is 14.1. The van der Waals surface area contributed by atoms with Crippen LogP contribution in [0.15, 0.2) is 54.6 Å². The van der Waals surface area contributed by atoms with Crippen molar-refractivity contribution in [3.8, 4) is 0 Å². The quantitative estimate of drug-likeness (QED) is 0.677. The molecule has 0 saturated carbocycles. The van der Waals surface area contributed by atoms with Crippen molar-refractivity contribution < 1.29 is 19.1 Å². The van der Waals surface area contributed by atoms with E-state index < -0.39 is 11.9 Å². The van der Waals surface area contributed by atoms with Crippen molar-refractivity contribution in [1.82, 2.24) is 10.6 Å². The molecule has 2 rings (SSSR count). The zero-order valence-corrected chi connectivity index (χ0v) is 13.0. The summed E-state index contributed by atoms with van der Waals surface area (Å²) >= 11 is 0. The highest BCUT2D eigenvalue weighted by molar-refractivity contribution is 5.94. The van der Waals surface area contributed by atoms with E-state index in [1.807, 2.05) is 6.07 Å². The van der Waals surface area contributed by atoms with Crippen LogP contribution in [0.2, 0.25) is 0 Å². The van der Waals surface area contributed by atoms with Crippen molar-refractivity contribution in [1.29, 1.82) is 0 Å². The molecule has 0 saturated heterocycles. The summed E-state index contributed by atoms with van der Waals surface area (Å²) in [6.45, 7) is 0.483. The Morgan fingerprint density at radius 3 is 2.25 bits per heavy atom. The Morgan fingerprint density at radius 1 is 0.958 bits per heavy atom. The number of aliphatic hydroxyl groups is 1. The molecule has 24 heavy (non-hydrogen) atoms. The average Bonchev–Trinajstić information content (AvgIpc) is 2.60. The first kappa shape index (κ1) is 17.6. The van der Waals surface area contributed by atoms with Gasteiger partial charge in [0, 0.05) is 18.7 Å². The van der Waals surface area contributed by atoms with Gasteiger partial charge >= 0.3 is 0 Å². The molecule has 0 radical (unpaired) electrons. The van der Waals surface area contributed by atoms with Gasteiger partial charge in [0.1, 0.15) is 5.82 Å². The van der Waals surface area contributed by atoms with Gasteiger partial charge in [0.15, 0.2) is 0 Å². The lowest BCUT2D eigenvalue weighted by Gasteiger charge is -2.11. The average molecular weight is 330 g/mol. The van der Waals surface area contributed by atoms with Gasteiger partial charge < -0.3 is 15.7 Å². The van der Waals surface area contributed by atoms with Crippen LogP contribution < -0.4 is 10.6 Å². The molecule has 0 spiro atoms. The molecular weight excluding hydrogens is 311 g/mol. The highest BCUT2D eigenvalue weighted by Gasteiger charge is 2.12. The molecule has 2 aromatic rings. The number of carbonyl (C=O) groups is 2. The second kappa shape index (κ2) is 8.79. The molecule has 0 heterocycles. The number of aliphatic hydroxyl groups excluding tert-OH is 1. The number of rotatable bonds is 7. The van der Waals surface area contributed by atoms with E-state index in [4.69, 9.17) is 0 Å². The SMILES string of the molecule is O=C(CC(O)c1ccccc1)NCCNC(=O)c1ccc(F)cc1. The summed E-state index contributed by atoms with van der Waals surface area (Å²) in [6.07, 6.45) is -0.907. The van der Waals surface area contributed by atoms with Crippen LogP contribution in [0.4, 0.5) is 4.39 Å². The molecule has 0 aliphatic heterocycles. The lowest BCUT2D eigenvalue weighted by atomic mass is 10.1. The summed E-state index contributed by atoms with van der Waals surface area (Å²) in [5.74, 6) is -1.05. The predicted octanol–water partition coefficient (Wildman–Crippen LogP) is 1.80. The second-order valence-corrected chi connectivity index (χ2v) is 5.24. The molecule has 0 aromatic heterocycles. The number of amides is 2. The first-order valence-corrected chi connectivity index (χ1v) is 7.60. The minimum atomic E-state index is -0.861. The van der Waals surface area contributed by atoms with Gasteiger partial charge in [-0.3, -0.25) is 9.59 Å². The van der Waals surface area contributed by atoms with E-state index in [1.54, 1.807) is 24.3 Å². The monoisotopic (exact) mass is 330 g/mol. The van der Waals surface area contributed by atoms with Gasteiger partial charge in [0.05, 0.1) is 12.5 Å². The van der Waals surface area contributed by atoms with E-state index >= 15 is 0 Å². The van der Waals surface area contributed by atoms with E-state index in [2.05, 4.69) is 10.6 Å². The van der Waals surface area contributed by atoms with Crippen molar-refractivity contribution in [3.05, 3.63) is 71.5 Å². The fourth-order valence-corrected chi connectivity index (χ4v) is 2.12. The zero-order valence-electron chi connectivity index (χ0n) is 13.0. The van der Waals surface area contributed by atoms with E-state index in [9.17, 15) is 19.1 Å². The van der Waals surface area contributed by atoms with Crippen LogP contribution in [0.1, 0.15) is 28.4 Å². The first-order valence-electron chi connectivity index (χ1n) is 7.60. The maximum absolute atomic E-state index is 12.8. The summed E-state index contributed by atoms with van der Waals surface area (Å²) < 4.78 is 12.8. The largest absolute Gasteiger partial charge is 0.388 e. The molecule has 1 unspecified atom stereocenters. The van der Waals surface area contributed by atoms with Crippen LogP contribution in [0.3, 0.4) is 0 Å². The third kappa shape index (κ3) is 5.48. The number of hydrogen-bond donors (Lipinski definition) is 3. The maximum atomic E-state index is 12.8. The Hall–Kier alpha value is -2.73. The van der Waals surface area contributed by atoms with Crippen molar-refractivity contribution in [2.24, 2.45) is 0 Å². The molecule has 2 aromatic carbocycles. The standard InChI is InChI=1S/C18H19FN2O3/c19-15-8-6-14(7-9-15)18(24)21-11-10-20-17(23)12-16(22)13-4-2-1-3-5-13/h1-9,16,22H,10-12H2,(H,20,23)(H,21,24). The van der Waals surface area contributed by atoms with Gasteiger partial charge in [-0.1, -0.05) is 30.3 Å². The van der Waals surface area contributed by atoms with E-state index in [0.717, 1.165) is 0 Å². The molecule has 0 aliphatic carbocycles. The fourth-order valence-electron chi connectivity index (χ4n) is 2.12. The van der Waals surface area contributed by atoms with Crippen LogP contribution in [0.5, 0.6) is 0 Å². The van der Waals surface area contributed by atoms with E-state index in [1.165, 1.54) is 24.3 Å². The number of halogens is 1. The van der Waals surface area contributed by atoms with Crippen molar-refractivity contribution in [3.63, 3.8) is 0 Å². The van der Waals surface area contributed by atoms with Crippen LogP contribution in [-0.4, -0.2) is 30.0 Å². The lowest BCUT2D eigenvalue weighted by Crippen LogP contribution is -2.35. The van der Waals surface area contributed by atoms with Crippen LogP contribution in [-0.2, 0) is 4.79 Å². The number of carbonyl (C=O) groups excluding carboxylic acids is 2. The minimum Gasteiger partial charge on any atom is -0.388 e. The Labute approximate surface area is 139 Å². The summed E-state index contributed by atoms with van der Waals surface area (Å²) in [5, 5.41) is 15.2. The Bertz CT molecular complexity index is 674. The summed E-state index contributed by atoms with van der Waals surface area (Å²) in [4.78, 5) is 23.5. The normalized spacial score (nSPS) is 11.6. The number of nitrogens with one attached hydrogen (secondary N) is 2. The third-order valence-corrected chi connectivity index (χ3v) is 3.40. The molecule has 2 amide bonds. The molecule has 0 bridgehead atoms. The lowest BCUT2D eigenvalue weighted by molar-refractivity contribution is -0.123. The highest BCUT2D eigenvalue weighted by atomic mass is 19.1. The van der Waals surface area contributed by atoms with Crippen molar-refractivity contribution in [2.45, 2.75) is 12.5 Å². The minimum absolute atomic E-state index is 0.0457. The molecule has 126 valence electrons. The smallest absolute Gasteiger partial charge is 0.251 e. The van der Waals surface area contributed by atoms with Crippen molar-refractivity contribution in [2.75, 3.05) is 13.1 Å². The molecular formula is C18H19FN2O3. The molecule has 1 atom stereocenters. The summed E-state index contributed by atoms with van der Waals surface area (Å²) in [5.41, 5.74) is 1.03. The Balaban J connectivity index is 1.67. The van der Waals surface area contributed by atoms with Gasteiger partial charge in [-0.15, -0.1) is 0 Å². The van der Waals surface area contributed by atoms with Gasteiger partial charge in [-0.2, -0.15) is 0 Å². The molecule has 0 aliphatic rings. The van der Waals surface area contributed by atoms with E-state index in [0.29, 0.717) is 11.1 Å². The molecule has 6 heteroatoms. The van der Waals surface area contributed by atoms with Gasteiger partial charge in [0.2, 0.25) is 5.91 Å². The topological polar surface area (TPSA) is 78.4 Å². The van der Waals surface area contributed by atoms with Crippen LogP contribution in [0, 0.1) is 5.82 Å². The van der Waals surface area contributed by atoms with Crippen molar-refractivity contribution >= 4 is 11.8 Å². The Kier molecular flexibility index (Phi) is 6.45. The number of hydrogen-bond acceptors (Lipinski definition) is 3. The van der Waals surface area contributed by atoms with E-state index in [-0.39, 0.29) is 31.3 Å². The maximum Gasteiger partial charge on any atom is 0.251 e. The fraction of sp³-hybridized carbons (Fsp3) is 0.222. The second-order valence-electron chi connectivity index (χ2n) is 5.24. The molecule has 0 fully saturated rings. The Morgan fingerprint density at radius 2 is 1.58 bits per heavy atom. The van der Waals surface area contributed by atoms with Gasteiger partial charge in [0.25, 0.3) is 5.91 Å². The van der Waals surface area contributed by atoms with Crippen LogP contribution in [0.25, 0.3) is 0 Å².